The van der Waals surface area contributed by atoms with Crippen LogP contribution in [0.3, 0.4) is 0 Å². The minimum atomic E-state index is -0.747. The third-order valence-corrected chi connectivity index (χ3v) is 4.80. The van der Waals surface area contributed by atoms with Crippen molar-refractivity contribution in [2.45, 2.75) is 20.8 Å². The number of amides is 1. The second-order valence-corrected chi connectivity index (χ2v) is 7.46. The van der Waals surface area contributed by atoms with Crippen molar-refractivity contribution in [3.05, 3.63) is 68.3 Å². The lowest BCUT2D eigenvalue weighted by atomic mass is 10.1. The van der Waals surface area contributed by atoms with E-state index < -0.39 is 11.7 Å². The number of aryl methyl sites for hydroxylation is 3. The van der Waals surface area contributed by atoms with E-state index in [2.05, 4.69) is 33.0 Å². The smallest absolute Gasteiger partial charge is 0.276 e. The van der Waals surface area contributed by atoms with E-state index in [0.717, 1.165) is 26.2 Å². The largest absolute Gasteiger partial charge is 0.355 e. The Bertz CT molecular complexity index is 1030. The summed E-state index contributed by atoms with van der Waals surface area (Å²) in [5.74, 6) is -1.29. The van der Waals surface area contributed by atoms with Crippen LogP contribution < -0.4 is 10.8 Å². The van der Waals surface area contributed by atoms with Crippen molar-refractivity contribution >= 4 is 39.9 Å². The number of halogens is 2. The lowest BCUT2D eigenvalue weighted by molar-refractivity contribution is 0.0707. The first-order chi connectivity index (χ1) is 12.8. The number of anilines is 2. The number of rotatable bonds is 4. The first kappa shape index (κ1) is 19.3. The third-order valence-electron chi connectivity index (χ3n) is 4.13. The zero-order valence-corrected chi connectivity index (χ0v) is 17.1. The van der Waals surface area contributed by atoms with Gasteiger partial charge in [-0.15, -0.1) is 0 Å². The van der Waals surface area contributed by atoms with E-state index in [0.29, 0.717) is 0 Å². The molecule has 3 aromatic rings. The molecule has 0 aliphatic carbocycles. The van der Waals surface area contributed by atoms with Gasteiger partial charge in [0, 0.05) is 21.0 Å². The number of carbonyl (C=O) groups is 1. The molecule has 0 spiro atoms. The molecule has 2 aromatic carbocycles. The Hall–Kier alpha value is -2.46. The van der Waals surface area contributed by atoms with Crippen LogP contribution in [-0.4, -0.2) is 20.9 Å². The molecule has 1 heterocycles. The Morgan fingerprint density at radius 2 is 1.89 bits per heavy atom. The van der Waals surface area contributed by atoms with Crippen LogP contribution in [0.25, 0.3) is 5.69 Å². The molecule has 140 valence electrons. The van der Waals surface area contributed by atoms with Crippen molar-refractivity contribution in [2.75, 3.05) is 5.32 Å². The molecule has 3 rings (SSSR count). The van der Waals surface area contributed by atoms with Crippen molar-refractivity contribution in [3.63, 3.8) is 0 Å². The maximum Gasteiger partial charge on any atom is 0.276 e. The number of benzene rings is 2. The average molecular weight is 480 g/mol. The number of hydrogen-bond acceptors (Lipinski definition) is 4. The molecule has 0 saturated carbocycles. The van der Waals surface area contributed by atoms with Gasteiger partial charge < -0.3 is 5.32 Å². The summed E-state index contributed by atoms with van der Waals surface area (Å²) in [6.07, 6.45) is 0. The maximum absolute atomic E-state index is 14.8. The summed E-state index contributed by atoms with van der Waals surface area (Å²) in [6, 6.07) is 10.1. The quantitative estimate of drug-likeness (QED) is 0.294. The summed E-state index contributed by atoms with van der Waals surface area (Å²) in [7, 11) is 0. The fraction of sp³-hybridized carbons (Fsp3) is 0.158. The molecule has 0 unspecified atom stereocenters. The zero-order valence-electron chi connectivity index (χ0n) is 15.0. The summed E-state index contributed by atoms with van der Waals surface area (Å²) >= 11 is 2.20. The average Bonchev–Trinajstić information content (AvgIpc) is 2.95. The molecular weight excluding hydrogens is 462 g/mol. The van der Waals surface area contributed by atoms with Gasteiger partial charge in [0.25, 0.3) is 5.91 Å². The molecule has 27 heavy (non-hydrogen) atoms. The van der Waals surface area contributed by atoms with Gasteiger partial charge in [-0.2, -0.15) is 5.10 Å². The standard InChI is InChI=1S/C19H18FIN4O2/c1-10-6-13(21)4-5-16(10)22-17-9-15(20)18(8-14(17)19(26)24-27)25-12(3)7-11(2)23-25/h4-9,22,27H,1-3H3,(H,24,26). The highest BCUT2D eigenvalue weighted by molar-refractivity contribution is 14.1. The summed E-state index contributed by atoms with van der Waals surface area (Å²) in [4.78, 5) is 12.2. The first-order valence-electron chi connectivity index (χ1n) is 8.15. The van der Waals surface area contributed by atoms with E-state index in [1.54, 1.807) is 19.3 Å². The maximum atomic E-state index is 14.8. The number of hydrogen-bond donors (Lipinski definition) is 3. The molecule has 0 saturated heterocycles. The Morgan fingerprint density at radius 1 is 1.15 bits per heavy atom. The molecule has 1 amide bonds. The van der Waals surface area contributed by atoms with Crippen LogP contribution in [0, 0.1) is 30.2 Å². The van der Waals surface area contributed by atoms with Gasteiger partial charge in [-0.05, 0) is 79.3 Å². The fourth-order valence-electron chi connectivity index (χ4n) is 2.86. The lowest BCUT2D eigenvalue weighted by Gasteiger charge is -2.16. The molecule has 0 bridgehead atoms. The molecule has 3 N–H and O–H groups in total. The monoisotopic (exact) mass is 480 g/mol. The Balaban J connectivity index is 2.12. The van der Waals surface area contributed by atoms with Crippen molar-refractivity contribution in [2.24, 2.45) is 0 Å². The van der Waals surface area contributed by atoms with Gasteiger partial charge in [0.1, 0.15) is 5.69 Å². The normalized spacial score (nSPS) is 10.7. The Kier molecular flexibility index (Phi) is 5.47. The van der Waals surface area contributed by atoms with Crippen LogP contribution in [0.15, 0.2) is 36.4 Å². The van der Waals surface area contributed by atoms with Gasteiger partial charge >= 0.3 is 0 Å². The van der Waals surface area contributed by atoms with E-state index in [-0.39, 0.29) is 16.9 Å². The number of hydroxylamine groups is 1. The van der Waals surface area contributed by atoms with E-state index in [1.165, 1.54) is 16.8 Å². The zero-order chi connectivity index (χ0) is 19.7. The molecule has 0 atom stereocenters. The van der Waals surface area contributed by atoms with E-state index in [9.17, 15) is 9.18 Å². The van der Waals surface area contributed by atoms with Crippen molar-refractivity contribution in [1.82, 2.24) is 15.3 Å². The van der Waals surface area contributed by atoms with Gasteiger partial charge in [0.05, 0.1) is 16.9 Å². The highest BCUT2D eigenvalue weighted by atomic mass is 127. The van der Waals surface area contributed by atoms with Gasteiger partial charge in [-0.1, -0.05) is 0 Å². The number of aromatic nitrogens is 2. The second kappa shape index (κ2) is 7.65. The predicted octanol–water partition coefficient (Wildman–Crippen LogP) is 4.40. The van der Waals surface area contributed by atoms with Crippen LogP contribution in [0.2, 0.25) is 0 Å². The predicted molar refractivity (Wildman–Crippen MR) is 109 cm³/mol. The van der Waals surface area contributed by atoms with Crippen molar-refractivity contribution < 1.29 is 14.4 Å². The molecule has 1 aromatic heterocycles. The van der Waals surface area contributed by atoms with Gasteiger partial charge in [-0.25, -0.2) is 14.6 Å². The summed E-state index contributed by atoms with van der Waals surface area (Å²) < 4.78 is 17.3. The number of nitrogens with one attached hydrogen (secondary N) is 2. The lowest BCUT2D eigenvalue weighted by Crippen LogP contribution is -2.21. The van der Waals surface area contributed by atoms with E-state index >= 15 is 0 Å². The summed E-state index contributed by atoms with van der Waals surface area (Å²) in [5, 5.41) is 16.5. The second-order valence-electron chi connectivity index (χ2n) is 6.21. The summed E-state index contributed by atoms with van der Waals surface area (Å²) in [6.45, 7) is 5.52. The Labute approximate surface area is 169 Å². The van der Waals surface area contributed by atoms with Gasteiger partial charge in [0.15, 0.2) is 5.82 Å². The van der Waals surface area contributed by atoms with E-state index in [4.69, 9.17) is 5.21 Å². The molecule has 0 radical (unpaired) electrons. The molecule has 6 nitrogen and oxygen atoms in total. The van der Waals surface area contributed by atoms with Crippen LogP contribution >= 0.6 is 22.6 Å². The molecule has 0 aliphatic heterocycles. The highest BCUT2D eigenvalue weighted by Crippen LogP contribution is 2.29. The molecular formula is C19H18FIN4O2. The van der Waals surface area contributed by atoms with Crippen LogP contribution in [0.5, 0.6) is 0 Å². The fourth-order valence-corrected chi connectivity index (χ4v) is 3.51. The van der Waals surface area contributed by atoms with Crippen molar-refractivity contribution in [3.8, 4) is 5.69 Å². The molecule has 8 heteroatoms. The van der Waals surface area contributed by atoms with Gasteiger partial charge in [0.2, 0.25) is 0 Å². The highest BCUT2D eigenvalue weighted by Gasteiger charge is 2.19. The number of nitrogens with zero attached hydrogens (tertiary/aromatic N) is 2. The number of carbonyl (C=O) groups excluding carboxylic acids is 1. The molecule has 0 fully saturated rings. The van der Waals surface area contributed by atoms with Crippen LogP contribution in [0.1, 0.15) is 27.3 Å². The summed E-state index contributed by atoms with van der Waals surface area (Å²) in [5.41, 5.74) is 5.23. The molecule has 0 aliphatic rings. The minimum Gasteiger partial charge on any atom is -0.355 e. The van der Waals surface area contributed by atoms with Crippen LogP contribution in [-0.2, 0) is 0 Å². The third kappa shape index (κ3) is 3.96. The van der Waals surface area contributed by atoms with Gasteiger partial charge in [-0.3, -0.25) is 10.0 Å². The van der Waals surface area contributed by atoms with Crippen LogP contribution in [0.4, 0.5) is 15.8 Å². The first-order valence-corrected chi connectivity index (χ1v) is 9.23. The minimum absolute atomic E-state index is 0.0967. The SMILES string of the molecule is Cc1cc(C)n(-c2cc(C(=O)NO)c(Nc3ccc(I)cc3C)cc2F)n1. The topological polar surface area (TPSA) is 79.2 Å². The van der Waals surface area contributed by atoms with Crippen molar-refractivity contribution in [1.29, 1.82) is 0 Å². The Morgan fingerprint density at radius 3 is 2.48 bits per heavy atom. The van der Waals surface area contributed by atoms with E-state index in [1.807, 2.05) is 31.2 Å².